The van der Waals surface area contributed by atoms with E-state index in [9.17, 15) is 18.8 Å². The molecule has 1 heterocycles. The fraction of sp³-hybridized carbons (Fsp3) is 0.0800. The van der Waals surface area contributed by atoms with E-state index in [0.717, 1.165) is 0 Å². The standard InChI is InChI=1S/C25H19ClFN3O3/c26-19-6-2-1-5-16(19)9-14-24(32)30-21-8-4-3-7-20(21)29-25(33)22(30)15-23(31)28-18-12-10-17(27)11-13-18/h1-14,22H,15H2,(H,28,31)(H,29,33). The third-order valence-corrected chi connectivity index (χ3v) is 5.43. The van der Waals surface area contributed by atoms with Crippen molar-refractivity contribution < 1.29 is 18.8 Å². The van der Waals surface area contributed by atoms with Gasteiger partial charge in [0.2, 0.25) is 11.8 Å². The van der Waals surface area contributed by atoms with Crippen LogP contribution in [0.3, 0.4) is 0 Å². The summed E-state index contributed by atoms with van der Waals surface area (Å²) in [7, 11) is 0. The lowest BCUT2D eigenvalue weighted by molar-refractivity contribution is -0.124. The molecule has 3 amide bonds. The first-order valence-corrected chi connectivity index (χ1v) is 10.5. The van der Waals surface area contributed by atoms with Gasteiger partial charge in [0.1, 0.15) is 11.9 Å². The van der Waals surface area contributed by atoms with E-state index in [-0.39, 0.29) is 6.42 Å². The van der Waals surface area contributed by atoms with Crippen LogP contribution in [0.15, 0.2) is 78.9 Å². The molecule has 0 saturated carbocycles. The number of nitrogens with one attached hydrogen (secondary N) is 2. The first kappa shape index (κ1) is 22.2. The molecule has 0 saturated heterocycles. The van der Waals surface area contributed by atoms with E-state index in [4.69, 9.17) is 11.6 Å². The Kier molecular flexibility index (Phi) is 6.51. The first-order chi connectivity index (χ1) is 15.9. The Morgan fingerprint density at radius 2 is 1.73 bits per heavy atom. The number of para-hydroxylation sites is 2. The van der Waals surface area contributed by atoms with Crippen molar-refractivity contribution in [3.8, 4) is 0 Å². The number of halogens is 2. The third kappa shape index (κ3) is 5.10. The summed E-state index contributed by atoms with van der Waals surface area (Å²) in [6.45, 7) is 0. The van der Waals surface area contributed by atoms with E-state index in [1.807, 2.05) is 0 Å². The second-order valence-electron chi connectivity index (χ2n) is 7.34. The van der Waals surface area contributed by atoms with Crippen molar-refractivity contribution in [1.29, 1.82) is 0 Å². The molecule has 0 aliphatic carbocycles. The summed E-state index contributed by atoms with van der Waals surface area (Å²) in [6, 6.07) is 18.1. The number of carbonyl (C=O) groups is 3. The monoisotopic (exact) mass is 463 g/mol. The second kappa shape index (κ2) is 9.67. The van der Waals surface area contributed by atoms with Crippen LogP contribution in [0.5, 0.6) is 0 Å². The van der Waals surface area contributed by atoms with E-state index in [1.54, 1.807) is 54.6 Å². The van der Waals surface area contributed by atoms with Crippen LogP contribution >= 0.6 is 11.6 Å². The van der Waals surface area contributed by atoms with Gasteiger partial charge in [-0.1, -0.05) is 41.9 Å². The molecule has 33 heavy (non-hydrogen) atoms. The SMILES string of the molecule is O=C(CC1C(=O)Nc2ccccc2N1C(=O)C=Cc1ccccc1Cl)Nc1ccc(F)cc1. The van der Waals surface area contributed by atoms with Crippen LogP contribution in [-0.2, 0) is 14.4 Å². The summed E-state index contributed by atoms with van der Waals surface area (Å²) >= 11 is 6.17. The van der Waals surface area contributed by atoms with Gasteiger partial charge in [0.05, 0.1) is 17.8 Å². The van der Waals surface area contributed by atoms with Crippen molar-refractivity contribution in [2.24, 2.45) is 0 Å². The number of benzene rings is 3. The van der Waals surface area contributed by atoms with Crippen molar-refractivity contribution in [3.63, 3.8) is 0 Å². The van der Waals surface area contributed by atoms with Gasteiger partial charge in [-0.25, -0.2) is 4.39 Å². The number of nitrogens with zero attached hydrogens (tertiary/aromatic N) is 1. The van der Waals surface area contributed by atoms with Crippen molar-refractivity contribution in [2.75, 3.05) is 15.5 Å². The van der Waals surface area contributed by atoms with Crippen molar-refractivity contribution in [1.82, 2.24) is 0 Å². The summed E-state index contributed by atoms with van der Waals surface area (Å²) in [6.07, 6.45) is 2.60. The molecule has 3 aromatic carbocycles. The third-order valence-electron chi connectivity index (χ3n) is 5.09. The van der Waals surface area contributed by atoms with E-state index in [2.05, 4.69) is 10.6 Å². The molecule has 2 N–H and O–H groups in total. The Bertz CT molecular complexity index is 1240. The number of carbonyl (C=O) groups excluding carboxylic acids is 3. The lowest BCUT2D eigenvalue weighted by Gasteiger charge is -2.35. The van der Waals surface area contributed by atoms with Gasteiger partial charge in [-0.3, -0.25) is 19.3 Å². The summed E-state index contributed by atoms with van der Waals surface area (Å²) in [4.78, 5) is 40.0. The maximum atomic E-state index is 13.2. The highest BCUT2D eigenvalue weighted by atomic mass is 35.5. The molecule has 1 aliphatic rings. The van der Waals surface area contributed by atoms with Gasteiger partial charge in [0.15, 0.2) is 0 Å². The number of hydrogen-bond donors (Lipinski definition) is 2. The molecular weight excluding hydrogens is 445 g/mol. The Hall–Kier alpha value is -3.97. The minimum Gasteiger partial charge on any atom is -0.326 e. The van der Waals surface area contributed by atoms with Gasteiger partial charge in [-0.2, -0.15) is 0 Å². The van der Waals surface area contributed by atoms with Crippen LogP contribution in [0, 0.1) is 5.82 Å². The number of rotatable bonds is 5. The maximum Gasteiger partial charge on any atom is 0.251 e. The van der Waals surface area contributed by atoms with Crippen LogP contribution in [0.25, 0.3) is 6.08 Å². The maximum absolute atomic E-state index is 13.2. The average molecular weight is 464 g/mol. The zero-order valence-electron chi connectivity index (χ0n) is 17.3. The van der Waals surface area contributed by atoms with Crippen LogP contribution in [0.1, 0.15) is 12.0 Å². The molecule has 0 aromatic heterocycles. The van der Waals surface area contributed by atoms with Gasteiger partial charge in [-0.15, -0.1) is 0 Å². The van der Waals surface area contributed by atoms with Crippen molar-refractivity contribution in [2.45, 2.75) is 12.5 Å². The predicted molar refractivity (Wildman–Crippen MR) is 126 cm³/mol. The van der Waals surface area contributed by atoms with Crippen LogP contribution in [0.4, 0.5) is 21.5 Å². The highest BCUT2D eigenvalue weighted by molar-refractivity contribution is 6.32. The summed E-state index contributed by atoms with van der Waals surface area (Å²) in [5.41, 5.74) is 1.98. The molecule has 4 rings (SSSR count). The number of amides is 3. The molecule has 0 bridgehead atoms. The Balaban J connectivity index is 1.60. The Morgan fingerprint density at radius 1 is 1.03 bits per heavy atom. The van der Waals surface area contributed by atoms with Gasteiger partial charge in [-0.05, 0) is 54.1 Å². The summed E-state index contributed by atoms with van der Waals surface area (Å²) in [5.74, 6) is -1.88. The number of fused-ring (bicyclic) bond motifs is 1. The molecule has 0 spiro atoms. The molecular formula is C25H19ClFN3O3. The number of anilines is 3. The van der Waals surface area contributed by atoms with Gasteiger partial charge >= 0.3 is 0 Å². The lowest BCUT2D eigenvalue weighted by atomic mass is 10.0. The molecule has 1 aliphatic heterocycles. The lowest BCUT2D eigenvalue weighted by Crippen LogP contribution is -2.52. The smallest absolute Gasteiger partial charge is 0.251 e. The molecule has 8 heteroatoms. The normalized spacial score (nSPS) is 15.2. The second-order valence-corrected chi connectivity index (χ2v) is 7.75. The highest BCUT2D eigenvalue weighted by Gasteiger charge is 2.37. The molecule has 0 radical (unpaired) electrons. The van der Waals surface area contributed by atoms with Crippen LogP contribution in [-0.4, -0.2) is 23.8 Å². The highest BCUT2D eigenvalue weighted by Crippen LogP contribution is 2.33. The van der Waals surface area contributed by atoms with E-state index in [1.165, 1.54) is 35.2 Å². The topological polar surface area (TPSA) is 78.5 Å². The minimum atomic E-state index is -1.08. The quantitative estimate of drug-likeness (QED) is 0.529. The summed E-state index contributed by atoms with van der Waals surface area (Å²) < 4.78 is 13.1. The zero-order chi connectivity index (χ0) is 23.4. The first-order valence-electron chi connectivity index (χ1n) is 10.1. The zero-order valence-corrected chi connectivity index (χ0v) is 18.1. The molecule has 1 unspecified atom stereocenters. The minimum absolute atomic E-state index is 0.288. The Labute approximate surface area is 194 Å². The van der Waals surface area contributed by atoms with E-state index in [0.29, 0.717) is 27.6 Å². The molecule has 1 atom stereocenters. The van der Waals surface area contributed by atoms with Gasteiger partial charge < -0.3 is 10.6 Å². The van der Waals surface area contributed by atoms with Gasteiger partial charge in [0.25, 0.3) is 5.91 Å². The van der Waals surface area contributed by atoms with Gasteiger partial charge in [0, 0.05) is 16.8 Å². The van der Waals surface area contributed by atoms with Crippen LogP contribution in [0.2, 0.25) is 5.02 Å². The predicted octanol–water partition coefficient (Wildman–Crippen LogP) is 4.88. The van der Waals surface area contributed by atoms with Crippen LogP contribution < -0.4 is 15.5 Å². The molecule has 6 nitrogen and oxygen atoms in total. The van der Waals surface area contributed by atoms with Crippen molar-refractivity contribution >= 4 is 52.5 Å². The largest absolute Gasteiger partial charge is 0.326 e. The van der Waals surface area contributed by atoms with Crippen molar-refractivity contribution in [3.05, 3.63) is 95.3 Å². The Morgan fingerprint density at radius 3 is 2.48 bits per heavy atom. The molecule has 166 valence electrons. The number of hydrogen-bond acceptors (Lipinski definition) is 3. The van der Waals surface area contributed by atoms with E-state index < -0.39 is 29.6 Å². The van der Waals surface area contributed by atoms with E-state index >= 15 is 0 Å². The summed E-state index contributed by atoms with van der Waals surface area (Å²) in [5, 5.41) is 5.85. The molecule has 0 fully saturated rings. The molecule has 3 aromatic rings. The average Bonchev–Trinajstić information content (AvgIpc) is 2.80. The fourth-order valence-corrected chi connectivity index (χ4v) is 3.72. The fourth-order valence-electron chi connectivity index (χ4n) is 3.52.